The number of nitrogens with zero attached hydrogens (tertiary/aromatic N) is 5. The molecule has 1 fully saturated rings. The predicted octanol–water partition coefficient (Wildman–Crippen LogP) is 4.84. The minimum absolute atomic E-state index is 0.0870. The third-order valence-electron chi connectivity index (χ3n) is 6.40. The summed E-state index contributed by atoms with van der Waals surface area (Å²) in [6.45, 7) is 3.83. The molecule has 1 atom stereocenters. The van der Waals surface area contributed by atoms with E-state index in [4.69, 9.17) is 33.7 Å². The molecule has 0 spiro atoms. The molecule has 1 saturated heterocycles. The van der Waals surface area contributed by atoms with E-state index < -0.39 is 11.9 Å². The molecule has 1 unspecified atom stereocenters. The molecule has 4 rings (SSSR count). The van der Waals surface area contributed by atoms with Crippen molar-refractivity contribution < 1.29 is 13.9 Å². The number of nitrogens with two attached hydrogens (primary N) is 1. The first-order valence-corrected chi connectivity index (χ1v) is 12.4. The van der Waals surface area contributed by atoms with E-state index in [9.17, 15) is 9.18 Å². The highest BCUT2D eigenvalue weighted by Gasteiger charge is 2.24. The minimum atomic E-state index is -0.660. The lowest BCUT2D eigenvalue weighted by molar-refractivity contribution is -0.130. The number of anilines is 1. The number of likely N-dealkylation sites (N-methyl/N-ethyl adjacent to an activating group) is 1. The number of aromatic nitrogens is 3. The fraction of sp³-hybridized carbons (Fsp3) is 0.400. The largest absolute Gasteiger partial charge is 0.482 e. The van der Waals surface area contributed by atoms with Crippen LogP contribution >= 0.6 is 23.2 Å². The summed E-state index contributed by atoms with van der Waals surface area (Å²) in [7, 11) is 3.55. The van der Waals surface area contributed by atoms with Gasteiger partial charge < -0.3 is 15.4 Å². The molecule has 0 bridgehead atoms. The number of carbonyl (C=O) groups excluding carboxylic acids is 1. The summed E-state index contributed by atoms with van der Waals surface area (Å²) in [5, 5.41) is 4.78. The molecule has 3 heterocycles. The maximum Gasteiger partial charge on any atom is 0.236 e. The fourth-order valence-electron chi connectivity index (χ4n) is 4.23. The second-order valence-electron chi connectivity index (χ2n) is 9.13. The summed E-state index contributed by atoms with van der Waals surface area (Å²) < 4.78 is 21.9. The molecule has 1 aliphatic rings. The Morgan fingerprint density at radius 2 is 1.97 bits per heavy atom. The quantitative estimate of drug-likeness (QED) is 0.436. The van der Waals surface area contributed by atoms with Crippen LogP contribution in [-0.4, -0.2) is 64.2 Å². The summed E-state index contributed by atoms with van der Waals surface area (Å²) >= 11 is 12.4. The summed E-state index contributed by atoms with van der Waals surface area (Å²) in [6, 6.07) is 4.67. The van der Waals surface area contributed by atoms with Gasteiger partial charge in [-0.1, -0.05) is 23.2 Å². The van der Waals surface area contributed by atoms with Crippen LogP contribution in [0.4, 0.5) is 10.2 Å². The Bertz CT molecular complexity index is 1240. The van der Waals surface area contributed by atoms with Crippen LogP contribution in [0.15, 0.2) is 36.8 Å². The zero-order valence-electron chi connectivity index (χ0n) is 20.4. The number of amides is 1. The van der Waals surface area contributed by atoms with Gasteiger partial charge in [0.1, 0.15) is 11.9 Å². The highest BCUT2D eigenvalue weighted by molar-refractivity contribution is 6.36. The van der Waals surface area contributed by atoms with Crippen LogP contribution in [0, 0.1) is 5.82 Å². The van der Waals surface area contributed by atoms with Crippen LogP contribution in [0.3, 0.4) is 0 Å². The van der Waals surface area contributed by atoms with Gasteiger partial charge in [-0.2, -0.15) is 5.10 Å². The van der Waals surface area contributed by atoms with Crippen LogP contribution in [0.5, 0.6) is 5.75 Å². The van der Waals surface area contributed by atoms with Gasteiger partial charge in [0.15, 0.2) is 11.6 Å². The molecule has 192 valence electrons. The van der Waals surface area contributed by atoms with Crippen LogP contribution in [0.2, 0.25) is 10.0 Å². The van der Waals surface area contributed by atoms with Crippen molar-refractivity contribution in [2.45, 2.75) is 31.9 Å². The number of ether oxygens (including phenoxy) is 1. The summed E-state index contributed by atoms with van der Waals surface area (Å²) in [5.41, 5.74) is 8.05. The van der Waals surface area contributed by atoms with E-state index in [-0.39, 0.29) is 22.8 Å². The molecule has 2 N–H and O–H groups in total. The topological polar surface area (TPSA) is 89.5 Å². The number of benzene rings is 1. The number of nitrogen functional groups attached to an aromatic ring is 1. The Hall–Kier alpha value is -2.88. The lowest BCUT2D eigenvalue weighted by atomic mass is 10.1. The zero-order valence-corrected chi connectivity index (χ0v) is 21.9. The van der Waals surface area contributed by atoms with E-state index in [2.05, 4.69) is 15.0 Å². The van der Waals surface area contributed by atoms with Gasteiger partial charge in [0.25, 0.3) is 0 Å². The van der Waals surface area contributed by atoms with Crippen molar-refractivity contribution in [1.82, 2.24) is 24.6 Å². The highest BCUT2D eigenvalue weighted by Crippen LogP contribution is 2.37. The van der Waals surface area contributed by atoms with Crippen molar-refractivity contribution in [3.63, 3.8) is 0 Å². The molecule has 2 aromatic heterocycles. The van der Waals surface area contributed by atoms with E-state index in [1.54, 1.807) is 44.4 Å². The first-order valence-electron chi connectivity index (χ1n) is 11.7. The molecule has 1 aromatic carbocycles. The van der Waals surface area contributed by atoms with E-state index in [1.807, 2.05) is 10.9 Å². The third-order valence-corrected chi connectivity index (χ3v) is 7.11. The van der Waals surface area contributed by atoms with Crippen LogP contribution < -0.4 is 10.5 Å². The van der Waals surface area contributed by atoms with Crippen molar-refractivity contribution in [2.75, 3.05) is 39.5 Å². The first kappa shape index (κ1) is 26.2. The second kappa shape index (κ2) is 11.0. The monoisotopic (exact) mass is 534 g/mol. The molecule has 0 radical (unpaired) electrons. The van der Waals surface area contributed by atoms with Crippen LogP contribution in [-0.2, 0) is 4.79 Å². The molecule has 11 heteroatoms. The lowest BCUT2D eigenvalue weighted by Crippen LogP contribution is -2.41. The molecule has 0 aliphatic carbocycles. The number of hydrogen-bond acceptors (Lipinski definition) is 6. The predicted molar refractivity (Wildman–Crippen MR) is 139 cm³/mol. The van der Waals surface area contributed by atoms with Crippen molar-refractivity contribution in [3.8, 4) is 16.9 Å². The molecule has 3 aromatic rings. The van der Waals surface area contributed by atoms with Crippen molar-refractivity contribution in [2.24, 2.45) is 0 Å². The maximum absolute atomic E-state index is 14.0. The van der Waals surface area contributed by atoms with Gasteiger partial charge in [-0.05, 0) is 38.0 Å². The molecular formula is C25H29Cl2FN6O2. The maximum atomic E-state index is 14.0. The van der Waals surface area contributed by atoms with Gasteiger partial charge in [0, 0.05) is 61.3 Å². The van der Waals surface area contributed by atoms with E-state index in [0.717, 1.165) is 37.1 Å². The van der Waals surface area contributed by atoms with Crippen molar-refractivity contribution >= 4 is 34.9 Å². The van der Waals surface area contributed by atoms with Gasteiger partial charge >= 0.3 is 0 Å². The third kappa shape index (κ3) is 5.74. The average molecular weight is 535 g/mol. The summed E-state index contributed by atoms with van der Waals surface area (Å²) in [6.07, 6.45) is 6.57. The second-order valence-corrected chi connectivity index (χ2v) is 9.91. The minimum Gasteiger partial charge on any atom is -0.482 e. The Balaban J connectivity index is 1.46. The summed E-state index contributed by atoms with van der Waals surface area (Å²) in [5.74, 6) is 0.0677. The van der Waals surface area contributed by atoms with Crippen molar-refractivity contribution in [3.05, 3.63) is 58.2 Å². The van der Waals surface area contributed by atoms with E-state index in [0.29, 0.717) is 22.9 Å². The van der Waals surface area contributed by atoms with Crippen molar-refractivity contribution in [1.29, 1.82) is 0 Å². The van der Waals surface area contributed by atoms with Gasteiger partial charge in [0.05, 0.1) is 23.8 Å². The number of halogens is 3. The van der Waals surface area contributed by atoms with E-state index >= 15 is 0 Å². The summed E-state index contributed by atoms with van der Waals surface area (Å²) in [4.78, 5) is 20.0. The molecule has 8 nitrogen and oxygen atoms in total. The smallest absolute Gasteiger partial charge is 0.236 e. The normalized spacial score (nSPS) is 15.6. The van der Waals surface area contributed by atoms with Crippen LogP contribution in [0.25, 0.3) is 11.1 Å². The zero-order chi connectivity index (χ0) is 26.0. The molecular weight excluding hydrogens is 506 g/mol. The van der Waals surface area contributed by atoms with E-state index in [1.165, 1.54) is 12.1 Å². The molecule has 1 amide bonds. The standard InChI is InChI=1S/C25H29Cl2FN6O2/c1-15(23-19(26)4-5-20(28)24(23)27)36-21-10-16(11-30-25(21)29)17-12-31-34(13-17)18-6-8-33(9-7-18)14-22(35)32(2)3/h4-5,10-13,15,18H,6-9,14H2,1-3H3,(H2,29,30). The van der Waals surface area contributed by atoms with Gasteiger partial charge in [-0.25, -0.2) is 9.37 Å². The van der Waals surface area contributed by atoms with Gasteiger partial charge in [-0.3, -0.25) is 14.4 Å². The number of pyridine rings is 1. The number of likely N-dealkylation sites (tertiary alicyclic amines) is 1. The number of rotatable bonds is 7. The Labute approximate surface area is 219 Å². The molecule has 0 saturated carbocycles. The average Bonchev–Trinajstić information content (AvgIpc) is 3.34. The van der Waals surface area contributed by atoms with Gasteiger partial charge in [0.2, 0.25) is 5.91 Å². The highest BCUT2D eigenvalue weighted by atomic mass is 35.5. The first-order chi connectivity index (χ1) is 17.1. The Kier molecular flexibility index (Phi) is 8.02. The molecule has 1 aliphatic heterocycles. The molecule has 36 heavy (non-hydrogen) atoms. The SMILES string of the molecule is CC(Oc1cc(-c2cnn(C3CCN(CC(=O)N(C)C)CC3)c2)cnc1N)c1c(Cl)ccc(F)c1Cl. The number of carbonyl (C=O) groups is 1. The Morgan fingerprint density at radius 1 is 1.25 bits per heavy atom. The fourth-order valence-corrected chi connectivity index (χ4v) is 4.91. The Morgan fingerprint density at radius 3 is 2.67 bits per heavy atom. The van der Waals surface area contributed by atoms with Crippen LogP contribution in [0.1, 0.15) is 37.5 Å². The number of piperidine rings is 1. The lowest BCUT2D eigenvalue weighted by Gasteiger charge is -2.32. The number of hydrogen-bond donors (Lipinski definition) is 1. The van der Waals surface area contributed by atoms with Gasteiger partial charge in [-0.15, -0.1) is 0 Å².